The van der Waals surface area contributed by atoms with Crippen LogP contribution in [0.2, 0.25) is 0 Å². The summed E-state index contributed by atoms with van der Waals surface area (Å²) in [5.74, 6) is 0. The van der Waals surface area contributed by atoms with Crippen LogP contribution in [0.1, 0.15) is 0 Å². The van der Waals surface area contributed by atoms with Gasteiger partial charge in [-0.1, -0.05) is 0 Å². The maximum Gasteiger partial charge on any atom is 0.503 e. The van der Waals surface area contributed by atoms with Crippen molar-refractivity contribution in [3.05, 3.63) is 0 Å². The molecule has 0 atom stereocenters. The van der Waals surface area contributed by atoms with Gasteiger partial charge in [0.05, 0.1) is 0 Å². The van der Waals surface area contributed by atoms with E-state index >= 15 is 0 Å². The van der Waals surface area contributed by atoms with E-state index in [1.54, 1.807) is 0 Å². The van der Waals surface area contributed by atoms with Crippen molar-refractivity contribution in [3.8, 4) is 0 Å². The van der Waals surface area contributed by atoms with Crippen molar-refractivity contribution in [1.82, 2.24) is 0 Å². The number of hydrogen-bond donors (Lipinski definition) is 2. The van der Waals surface area contributed by atoms with Crippen LogP contribution in [0.4, 0.5) is 4.79 Å². The van der Waals surface area contributed by atoms with Crippen molar-refractivity contribution in [2.75, 3.05) is 0 Å². The Morgan fingerprint density at radius 3 is 1.14 bits per heavy atom. The van der Waals surface area contributed by atoms with Crippen molar-refractivity contribution >= 4 is 6.16 Å². The Labute approximate surface area is 55.1 Å². The molecule has 0 rings (SSSR count). The molecule has 5 nitrogen and oxygen atoms in total. The largest absolute Gasteiger partial charge is 0.503 e. The maximum atomic E-state index is 8.56. The quantitative estimate of drug-likeness (QED) is 0.472. The molecular weight excluding hydrogens is 200 g/mol. The summed E-state index contributed by atoms with van der Waals surface area (Å²) in [6, 6.07) is 0. The fourth-order valence-electron chi connectivity index (χ4n) is 0. The Bertz CT molecular complexity index is 31.1. The van der Waals surface area contributed by atoms with Gasteiger partial charge in [-0.15, -0.1) is 0 Å². The number of rotatable bonds is 0. The second-order valence-electron chi connectivity index (χ2n) is 0.283. The van der Waals surface area contributed by atoms with Crippen LogP contribution in [0.15, 0.2) is 0 Å². The molecule has 0 aliphatic heterocycles. The molecule has 0 fully saturated rings. The van der Waals surface area contributed by atoms with E-state index in [2.05, 4.69) is 0 Å². The number of carboxylic acid groups (broad SMARTS) is 2. The van der Waals surface area contributed by atoms with E-state index in [1.165, 1.54) is 0 Å². The smallest absolute Gasteiger partial charge is 0.450 e. The molecule has 0 saturated carbocycles. The molecule has 0 aromatic rings. The first-order valence-electron chi connectivity index (χ1n) is 0.651. The molecule has 0 bridgehead atoms. The van der Waals surface area contributed by atoms with Crippen molar-refractivity contribution in [1.29, 1.82) is 0 Å². The first-order valence-corrected chi connectivity index (χ1v) is 0.651. The average Bonchev–Trinajstić information content (AvgIpc) is 0.811. The van der Waals surface area contributed by atoms with Crippen LogP contribution in [-0.2, 0) is 22.4 Å². The van der Waals surface area contributed by atoms with Crippen molar-refractivity contribution in [2.45, 2.75) is 0 Å². The van der Waals surface area contributed by atoms with Gasteiger partial charge in [0.15, 0.2) is 0 Å². The van der Waals surface area contributed by atoms with Gasteiger partial charge in [-0.05, 0) is 0 Å². The van der Waals surface area contributed by atoms with Gasteiger partial charge in [-0.2, -0.15) is 0 Å². The average molecular weight is 206 g/mol. The van der Waals surface area contributed by atoms with Crippen molar-refractivity contribution in [3.63, 3.8) is 0 Å². The normalized spacial score (nSPS) is 3.43. The zero-order valence-corrected chi connectivity index (χ0v) is 4.59. The number of carbonyl (C=O) groups is 1. The fraction of sp³-hybridized carbons (Fsp3) is 0. The molecule has 0 aromatic carbocycles. The Kier molecular flexibility index (Phi) is 68.1. The zero-order chi connectivity index (χ0) is 3.58. The van der Waals surface area contributed by atoms with Gasteiger partial charge < -0.3 is 21.2 Å². The van der Waals surface area contributed by atoms with Gasteiger partial charge >= 0.3 is 6.16 Å². The first-order chi connectivity index (χ1) is 1.73. The van der Waals surface area contributed by atoms with E-state index in [0.717, 1.165) is 0 Å². The molecule has 51 valence electrons. The predicted molar refractivity (Wildman–Crippen MR) is 17.9 cm³/mol. The molecule has 0 saturated heterocycles. The summed E-state index contributed by atoms with van der Waals surface area (Å²) in [6.45, 7) is 0. The van der Waals surface area contributed by atoms with Gasteiger partial charge in [-0.25, -0.2) is 4.79 Å². The van der Waals surface area contributed by atoms with E-state index in [9.17, 15) is 0 Å². The first kappa shape index (κ1) is 28.4. The Hall–Kier alpha value is -0.0697. The molecule has 7 heavy (non-hydrogen) atoms. The minimum atomic E-state index is -1.83. The second kappa shape index (κ2) is 16.8. The molecule has 0 heterocycles. The van der Waals surface area contributed by atoms with Crippen LogP contribution < -0.4 is 0 Å². The van der Waals surface area contributed by atoms with Crippen LogP contribution in [0.3, 0.4) is 0 Å². The Morgan fingerprint density at radius 1 is 1.14 bits per heavy atom. The summed E-state index contributed by atoms with van der Waals surface area (Å²) in [7, 11) is 0. The van der Waals surface area contributed by atoms with Crippen molar-refractivity contribution in [2.24, 2.45) is 0 Å². The van der Waals surface area contributed by atoms with Gasteiger partial charge in [0.2, 0.25) is 0 Å². The topological polar surface area (TPSA) is 121 Å². The third-order valence-electron chi connectivity index (χ3n) is 0. The van der Waals surface area contributed by atoms with E-state index in [4.69, 9.17) is 15.0 Å². The minimum absolute atomic E-state index is 0. The monoisotopic (exact) mass is 205 g/mol. The standard InChI is InChI=1S/CH2O3.Ag.2H2O/c2-1(3)4;;;/h(H2,2,3,4);;2*1H2. The Balaban J connectivity index is -0.0000000150. The third-order valence-corrected chi connectivity index (χ3v) is 0. The van der Waals surface area contributed by atoms with Crippen LogP contribution in [0.5, 0.6) is 0 Å². The van der Waals surface area contributed by atoms with Crippen LogP contribution in [0, 0.1) is 0 Å². The van der Waals surface area contributed by atoms with Gasteiger partial charge in [-0.3, -0.25) is 0 Å². The van der Waals surface area contributed by atoms with E-state index in [-0.39, 0.29) is 33.3 Å². The van der Waals surface area contributed by atoms with Gasteiger partial charge in [0, 0.05) is 22.4 Å². The molecule has 0 aliphatic carbocycles. The summed E-state index contributed by atoms with van der Waals surface area (Å²) in [4.78, 5) is 8.56. The molecule has 0 spiro atoms. The van der Waals surface area contributed by atoms with Crippen LogP contribution in [-0.4, -0.2) is 27.3 Å². The molecule has 0 aliphatic rings. The van der Waals surface area contributed by atoms with E-state index in [1.807, 2.05) is 0 Å². The molecular formula is CH6AgO5. The van der Waals surface area contributed by atoms with Gasteiger partial charge in [0.1, 0.15) is 0 Å². The summed E-state index contributed by atoms with van der Waals surface area (Å²) in [5.41, 5.74) is 0. The molecule has 1 radical (unpaired) electrons. The molecule has 6 heteroatoms. The van der Waals surface area contributed by atoms with Gasteiger partial charge in [0.25, 0.3) is 0 Å². The molecule has 0 unspecified atom stereocenters. The summed E-state index contributed by atoms with van der Waals surface area (Å²) in [5, 5.41) is 13.9. The van der Waals surface area contributed by atoms with Crippen LogP contribution in [0.25, 0.3) is 0 Å². The van der Waals surface area contributed by atoms with Crippen LogP contribution >= 0.6 is 0 Å². The molecule has 0 amide bonds. The predicted octanol–water partition coefficient (Wildman–Crippen LogP) is -1.43. The maximum absolute atomic E-state index is 8.56. The third kappa shape index (κ3) is 18800. The summed E-state index contributed by atoms with van der Waals surface area (Å²) in [6.07, 6.45) is -1.83. The zero-order valence-electron chi connectivity index (χ0n) is 3.10. The summed E-state index contributed by atoms with van der Waals surface area (Å²) < 4.78 is 0. The van der Waals surface area contributed by atoms with E-state index in [0.29, 0.717) is 0 Å². The number of hydrogen-bond acceptors (Lipinski definition) is 1. The van der Waals surface area contributed by atoms with E-state index < -0.39 is 6.16 Å². The molecule has 6 N–H and O–H groups in total. The molecule has 0 aromatic heterocycles. The van der Waals surface area contributed by atoms with Crippen molar-refractivity contribution < 1.29 is 48.3 Å². The fourth-order valence-corrected chi connectivity index (χ4v) is 0. The summed E-state index contributed by atoms with van der Waals surface area (Å²) >= 11 is 0. The second-order valence-corrected chi connectivity index (χ2v) is 0.283. The minimum Gasteiger partial charge on any atom is -0.450 e. The SMILES string of the molecule is O.O.O=C(O)O.[Ag]. The Morgan fingerprint density at radius 2 is 1.14 bits per heavy atom.